The Morgan fingerprint density at radius 3 is 2.70 bits per heavy atom. The third-order valence-electron chi connectivity index (χ3n) is 4.10. The molecule has 0 radical (unpaired) electrons. The van der Waals surface area contributed by atoms with Crippen molar-refractivity contribution >= 4 is 28.0 Å². The molecule has 4 rings (SSSR count). The lowest BCUT2D eigenvalue weighted by atomic mass is 10.2. The van der Waals surface area contributed by atoms with Crippen molar-refractivity contribution in [1.29, 1.82) is 0 Å². The molecule has 0 atom stereocenters. The Morgan fingerprint density at radius 1 is 1.19 bits per heavy atom. The normalized spacial score (nSPS) is 12.1. The van der Waals surface area contributed by atoms with Gasteiger partial charge in [-0.3, -0.25) is 9.48 Å². The maximum Gasteiger partial charge on any atom is 0.416 e. The van der Waals surface area contributed by atoms with E-state index in [2.05, 4.69) is 10.1 Å². The molecule has 0 amide bonds. The zero-order valence-electron chi connectivity index (χ0n) is 13.7. The fourth-order valence-corrected chi connectivity index (χ4v) is 2.94. The summed E-state index contributed by atoms with van der Waals surface area (Å²) in [5, 5.41) is 14.0. The predicted molar refractivity (Wildman–Crippen MR) is 89.2 cm³/mol. The van der Waals surface area contributed by atoms with Crippen molar-refractivity contribution in [3.05, 3.63) is 59.6 Å². The van der Waals surface area contributed by atoms with Crippen LogP contribution in [0.4, 0.5) is 13.2 Å². The third kappa shape index (κ3) is 3.23. The number of benzene rings is 2. The maximum atomic E-state index is 12.8. The zero-order chi connectivity index (χ0) is 19.2. The molecule has 1 N–H and O–H groups in total. The number of aromatic nitrogens is 3. The number of para-hydroxylation sites is 1. The van der Waals surface area contributed by atoms with Crippen molar-refractivity contribution in [2.75, 3.05) is 0 Å². The molecule has 0 spiro atoms. The second-order valence-electron chi connectivity index (χ2n) is 5.98. The first-order chi connectivity index (χ1) is 12.8. The molecular weight excluding hydrogens is 363 g/mol. The van der Waals surface area contributed by atoms with Gasteiger partial charge in [-0.1, -0.05) is 18.2 Å². The number of halogens is 3. The van der Waals surface area contributed by atoms with E-state index in [9.17, 15) is 18.0 Å². The van der Waals surface area contributed by atoms with Crippen LogP contribution in [0, 0.1) is 0 Å². The lowest BCUT2D eigenvalue weighted by Gasteiger charge is -2.04. The first-order valence-electron chi connectivity index (χ1n) is 7.94. The van der Waals surface area contributed by atoms with Gasteiger partial charge in [-0.2, -0.15) is 18.3 Å². The number of aliphatic carboxylic acids is 1. The van der Waals surface area contributed by atoms with Crippen LogP contribution in [0.1, 0.15) is 17.1 Å². The number of nitrogens with zero attached hydrogens (tertiary/aromatic N) is 3. The molecule has 0 aliphatic rings. The highest BCUT2D eigenvalue weighted by Crippen LogP contribution is 2.31. The molecule has 138 valence electrons. The number of fused-ring (bicyclic) bond motifs is 2. The maximum absolute atomic E-state index is 12.8. The Balaban J connectivity index is 1.73. The van der Waals surface area contributed by atoms with Gasteiger partial charge in [0, 0.05) is 5.39 Å². The third-order valence-corrected chi connectivity index (χ3v) is 4.10. The van der Waals surface area contributed by atoms with E-state index in [4.69, 9.17) is 9.52 Å². The summed E-state index contributed by atoms with van der Waals surface area (Å²) in [5.74, 6) is -0.827. The van der Waals surface area contributed by atoms with E-state index in [1.807, 2.05) is 0 Å². The molecule has 2 aromatic carbocycles. The monoisotopic (exact) mass is 375 g/mol. The van der Waals surface area contributed by atoms with Gasteiger partial charge < -0.3 is 9.52 Å². The van der Waals surface area contributed by atoms with E-state index in [1.165, 1.54) is 10.7 Å². The summed E-state index contributed by atoms with van der Waals surface area (Å²) < 4.78 is 45.5. The van der Waals surface area contributed by atoms with Crippen molar-refractivity contribution in [1.82, 2.24) is 14.8 Å². The Kier molecular flexibility index (Phi) is 3.87. The Morgan fingerprint density at radius 2 is 1.96 bits per heavy atom. The van der Waals surface area contributed by atoms with Crippen molar-refractivity contribution < 1.29 is 27.5 Å². The zero-order valence-corrected chi connectivity index (χ0v) is 13.7. The number of hydrogen-bond donors (Lipinski definition) is 1. The molecular formula is C18H12F3N3O3. The van der Waals surface area contributed by atoms with E-state index < -0.39 is 17.7 Å². The van der Waals surface area contributed by atoms with Gasteiger partial charge in [0.15, 0.2) is 5.58 Å². The first kappa shape index (κ1) is 17.1. The molecule has 27 heavy (non-hydrogen) atoms. The Labute approximate surface area is 149 Å². The average molecular weight is 375 g/mol. The summed E-state index contributed by atoms with van der Waals surface area (Å²) >= 11 is 0. The van der Waals surface area contributed by atoms with Crippen LogP contribution >= 0.6 is 0 Å². The quantitative estimate of drug-likeness (QED) is 0.586. The van der Waals surface area contributed by atoms with Crippen LogP contribution in [0.15, 0.2) is 46.9 Å². The van der Waals surface area contributed by atoms with E-state index in [0.717, 1.165) is 12.1 Å². The summed E-state index contributed by atoms with van der Waals surface area (Å²) in [7, 11) is 0. The minimum absolute atomic E-state index is 0.0656. The number of carboxylic acids is 1. The largest absolute Gasteiger partial charge is 0.481 e. The molecule has 0 bridgehead atoms. The van der Waals surface area contributed by atoms with Gasteiger partial charge in [0.25, 0.3) is 0 Å². The minimum Gasteiger partial charge on any atom is -0.481 e. The molecule has 9 heteroatoms. The van der Waals surface area contributed by atoms with Crippen molar-refractivity contribution in [3.63, 3.8) is 0 Å². The van der Waals surface area contributed by atoms with Crippen molar-refractivity contribution in [3.8, 4) is 0 Å². The summed E-state index contributed by atoms with van der Waals surface area (Å²) in [4.78, 5) is 15.2. The van der Waals surface area contributed by atoms with Gasteiger partial charge in [-0.05, 0) is 24.3 Å². The van der Waals surface area contributed by atoms with Gasteiger partial charge in [0.1, 0.15) is 12.1 Å². The number of alkyl halides is 3. The van der Waals surface area contributed by atoms with E-state index in [1.54, 1.807) is 24.3 Å². The molecule has 2 aromatic heterocycles. The number of oxazole rings is 1. The summed E-state index contributed by atoms with van der Waals surface area (Å²) in [6.07, 6.45) is -4.70. The summed E-state index contributed by atoms with van der Waals surface area (Å²) in [5.41, 5.74) is 0.617. The van der Waals surface area contributed by atoms with Gasteiger partial charge in [0.2, 0.25) is 5.89 Å². The number of rotatable bonds is 4. The molecule has 0 fully saturated rings. The van der Waals surface area contributed by atoms with Gasteiger partial charge >= 0.3 is 12.1 Å². The highest BCUT2D eigenvalue weighted by Gasteiger charge is 2.31. The lowest BCUT2D eigenvalue weighted by Crippen LogP contribution is -2.05. The van der Waals surface area contributed by atoms with Crippen LogP contribution in [0.3, 0.4) is 0 Å². The molecule has 0 unspecified atom stereocenters. The Bertz CT molecular complexity index is 1160. The molecule has 2 heterocycles. The van der Waals surface area contributed by atoms with Crippen molar-refractivity contribution in [2.24, 2.45) is 0 Å². The Hall–Kier alpha value is -3.36. The van der Waals surface area contributed by atoms with Crippen molar-refractivity contribution in [2.45, 2.75) is 19.1 Å². The van der Waals surface area contributed by atoms with E-state index >= 15 is 0 Å². The topological polar surface area (TPSA) is 81.1 Å². The van der Waals surface area contributed by atoms with Crippen LogP contribution in [-0.2, 0) is 23.9 Å². The minimum atomic E-state index is -4.46. The molecule has 0 aliphatic heterocycles. The summed E-state index contributed by atoms with van der Waals surface area (Å²) in [6, 6.07) is 10.2. The van der Waals surface area contributed by atoms with E-state index in [0.29, 0.717) is 16.6 Å². The van der Waals surface area contributed by atoms with Crippen LogP contribution < -0.4 is 0 Å². The highest BCUT2D eigenvalue weighted by atomic mass is 19.4. The molecule has 0 aliphatic carbocycles. The SMILES string of the molecule is O=C(O)Cc1nn(Cc2nc3cc(C(F)(F)F)ccc3o2)c2ccccc12. The predicted octanol–water partition coefficient (Wildman–Crippen LogP) is 3.87. The van der Waals surface area contributed by atoms with Crippen LogP contribution in [-0.4, -0.2) is 25.8 Å². The molecule has 0 saturated carbocycles. The van der Waals surface area contributed by atoms with Crippen LogP contribution in [0.2, 0.25) is 0 Å². The number of carbonyl (C=O) groups is 1. The first-order valence-corrected chi connectivity index (χ1v) is 7.94. The standard InChI is InChI=1S/C18H12F3N3O3/c19-18(20,21)10-5-6-15-13(7-10)22-16(27-15)9-24-14-4-2-1-3-11(14)12(23-24)8-17(25)26/h1-7H,8-9H2,(H,25,26). The molecule has 4 aromatic rings. The summed E-state index contributed by atoms with van der Waals surface area (Å²) in [6.45, 7) is 0.0656. The number of hydrogen-bond acceptors (Lipinski definition) is 4. The van der Waals surface area contributed by atoms with Crippen LogP contribution in [0.5, 0.6) is 0 Å². The fraction of sp³-hybridized carbons (Fsp3) is 0.167. The van der Waals surface area contributed by atoms with E-state index in [-0.39, 0.29) is 30.0 Å². The lowest BCUT2D eigenvalue weighted by molar-refractivity contribution is -0.138. The smallest absolute Gasteiger partial charge is 0.416 e. The van der Waals surface area contributed by atoms with Crippen LogP contribution in [0.25, 0.3) is 22.0 Å². The highest BCUT2D eigenvalue weighted by molar-refractivity contribution is 5.85. The fourth-order valence-electron chi connectivity index (χ4n) is 2.94. The van der Waals surface area contributed by atoms with Gasteiger partial charge in [-0.15, -0.1) is 0 Å². The van der Waals surface area contributed by atoms with Gasteiger partial charge in [0.05, 0.1) is 23.2 Å². The number of carboxylic acid groups (broad SMARTS) is 1. The second-order valence-corrected chi connectivity index (χ2v) is 5.98. The molecule has 6 nitrogen and oxygen atoms in total. The van der Waals surface area contributed by atoms with Gasteiger partial charge in [-0.25, -0.2) is 4.98 Å². The second kappa shape index (κ2) is 6.11. The molecule has 0 saturated heterocycles. The average Bonchev–Trinajstić information content (AvgIpc) is 3.15.